The van der Waals surface area contributed by atoms with Gasteiger partial charge >= 0.3 is 0 Å². The Morgan fingerprint density at radius 2 is 2.41 bits per heavy atom. The molecule has 0 aromatic heterocycles. The lowest BCUT2D eigenvalue weighted by molar-refractivity contribution is 0.184. The SMILES string of the molecule is CC(NCC1CCOC1)c1ccc(Cl)c(F)c1. The van der Waals surface area contributed by atoms with Crippen LogP contribution in [0.25, 0.3) is 0 Å². The zero-order chi connectivity index (χ0) is 12.3. The fraction of sp³-hybridized carbons (Fsp3) is 0.538. The van der Waals surface area contributed by atoms with Gasteiger partial charge in [0.05, 0.1) is 11.6 Å². The van der Waals surface area contributed by atoms with Crippen LogP contribution in [0.1, 0.15) is 24.9 Å². The first-order valence-corrected chi connectivity index (χ1v) is 6.30. The molecule has 0 saturated carbocycles. The molecule has 1 aliphatic heterocycles. The zero-order valence-corrected chi connectivity index (χ0v) is 10.6. The first-order chi connectivity index (χ1) is 8.16. The molecule has 17 heavy (non-hydrogen) atoms. The standard InChI is InChI=1S/C13H17ClFNO/c1-9(16-7-10-4-5-17-8-10)11-2-3-12(14)13(15)6-11/h2-3,6,9-10,16H,4-5,7-8H2,1H3. The number of hydrogen-bond acceptors (Lipinski definition) is 2. The zero-order valence-electron chi connectivity index (χ0n) is 9.88. The van der Waals surface area contributed by atoms with E-state index >= 15 is 0 Å². The average Bonchev–Trinajstić information content (AvgIpc) is 2.82. The Hall–Kier alpha value is -0.640. The molecule has 0 radical (unpaired) electrons. The van der Waals surface area contributed by atoms with E-state index in [9.17, 15) is 4.39 Å². The van der Waals surface area contributed by atoms with Crippen molar-refractivity contribution in [3.05, 3.63) is 34.6 Å². The third-order valence-corrected chi connectivity index (χ3v) is 3.49. The highest BCUT2D eigenvalue weighted by Gasteiger charge is 2.16. The number of benzene rings is 1. The molecule has 1 saturated heterocycles. The normalized spacial score (nSPS) is 21.7. The highest BCUT2D eigenvalue weighted by Crippen LogP contribution is 2.20. The van der Waals surface area contributed by atoms with Crippen molar-refractivity contribution in [1.29, 1.82) is 0 Å². The van der Waals surface area contributed by atoms with Crippen molar-refractivity contribution in [2.75, 3.05) is 19.8 Å². The van der Waals surface area contributed by atoms with Crippen molar-refractivity contribution in [1.82, 2.24) is 5.32 Å². The van der Waals surface area contributed by atoms with Crippen LogP contribution in [0.3, 0.4) is 0 Å². The first-order valence-electron chi connectivity index (χ1n) is 5.93. The topological polar surface area (TPSA) is 21.3 Å². The molecule has 0 aliphatic carbocycles. The largest absolute Gasteiger partial charge is 0.381 e. The summed E-state index contributed by atoms with van der Waals surface area (Å²) < 4.78 is 18.6. The molecule has 1 aromatic carbocycles. The molecule has 4 heteroatoms. The Labute approximate surface area is 106 Å². The molecule has 2 atom stereocenters. The van der Waals surface area contributed by atoms with Gasteiger partial charge in [0.2, 0.25) is 0 Å². The van der Waals surface area contributed by atoms with Crippen LogP contribution in [0.4, 0.5) is 4.39 Å². The highest BCUT2D eigenvalue weighted by atomic mass is 35.5. The van der Waals surface area contributed by atoms with Crippen LogP contribution >= 0.6 is 11.6 Å². The molecule has 1 N–H and O–H groups in total. The molecule has 2 nitrogen and oxygen atoms in total. The van der Waals surface area contributed by atoms with Gasteiger partial charge in [-0.15, -0.1) is 0 Å². The van der Waals surface area contributed by atoms with Gasteiger partial charge in [-0.05, 0) is 37.0 Å². The van der Waals surface area contributed by atoms with Crippen molar-refractivity contribution in [3.8, 4) is 0 Å². The minimum atomic E-state index is -0.359. The van der Waals surface area contributed by atoms with Crippen LogP contribution in [0, 0.1) is 11.7 Å². The van der Waals surface area contributed by atoms with Gasteiger partial charge in [0.25, 0.3) is 0 Å². The maximum atomic E-state index is 13.3. The van der Waals surface area contributed by atoms with E-state index in [1.54, 1.807) is 6.07 Å². The fourth-order valence-corrected chi connectivity index (χ4v) is 2.10. The van der Waals surface area contributed by atoms with E-state index in [1.807, 2.05) is 13.0 Å². The third-order valence-electron chi connectivity index (χ3n) is 3.18. The van der Waals surface area contributed by atoms with E-state index in [4.69, 9.17) is 16.3 Å². The molecule has 1 aliphatic rings. The van der Waals surface area contributed by atoms with Crippen LogP contribution < -0.4 is 5.32 Å². The summed E-state index contributed by atoms with van der Waals surface area (Å²) in [6.45, 7) is 4.62. The number of rotatable bonds is 4. The van der Waals surface area contributed by atoms with Gasteiger partial charge < -0.3 is 10.1 Å². The molecule has 1 heterocycles. The molecular weight excluding hydrogens is 241 g/mol. The van der Waals surface area contributed by atoms with Crippen LogP contribution in [-0.4, -0.2) is 19.8 Å². The first kappa shape index (κ1) is 12.8. The second-order valence-electron chi connectivity index (χ2n) is 4.53. The van der Waals surface area contributed by atoms with Crippen molar-refractivity contribution >= 4 is 11.6 Å². The van der Waals surface area contributed by atoms with Crippen molar-refractivity contribution < 1.29 is 9.13 Å². The van der Waals surface area contributed by atoms with E-state index in [2.05, 4.69) is 5.32 Å². The van der Waals surface area contributed by atoms with E-state index in [1.165, 1.54) is 6.07 Å². The fourth-order valence-electron chi connectivity index (χ4n) is 1.99. The summed E-state index contributed by atoms with van der Waals surface area (Å²) in [5.74, 6) is 0.219. The second kappa shape index (κ2) is 5.80. The Morgan fingerprint density at radius 3 is 3.06 bits per heavy atom. The number of ether oxygens (including phenoxy) is 1. The summed E-state index contributed by atoms with van der Waals surface area (Å²) in [5, 5.41) is 3.57. The lowest BCUT2D eigenvalue weighted by Gasteiger charge is -2.17. The predicted molar refractivity (Wildman–Crippen MR) is 66.8 cm³/mol. The van der Waals surface area contributed by atoms with E-state index in [0.717, 1.165) is 31.7 Å². The number of nitrogens with one attached hydrogen (secondary N) is 1. The molecule has 0 spiro atoms. The van der Waals surface area contributed by atoms with Gasteiger partial charge in [-0.3, -0.25) is 0 Å². The van der Waals surface area contributed by atoms with Crippen LogP contribution in [0.5, 0.6) is 0 Å². The summed E-state index contributed by atoms with van der Waals surface area (Å²) in [5.41, 5.74) is 0.922. The van der Waals surface area contributed by atoms with Gasteiger partial charge in [-0.2, -0.15) is 0 Å². The van der Waals surface area contributed by atoms with Gasteiger partial charge in [0, 0.05) is 19.2 Å². The third kappa shape index (κ3) is 3.41. The van der Waals surface area contributed by atoms with Gasteiger partial charge in [0.1, 0.15) is 5.82 Å². The maximum absolute atomic E-state index is 13.3. The summed E-state index contributed by atoms with van der Waals surface area (Å²) in [6, 6.07) is 5.07. The Balaban J connectivity index is 1.89. The molecule has 2 unspecified atom stereocenters. The van der Waals surface area contributed by atoms with Crippen molar-refractivity contribution in [2.24, 2.45) is 5.92 Å². The Kier molecular flexibility index (Phi) is 4.37. The lowest BCUT2D eigenvalue weighted by Crippen LogP contribution is -2.26. The molecular formula is C13H17ClFNO. The number of hydrogen-bond donors (Lipinski definition) is 1. The maximum Gasteiger partial charge on any atom is 0.142 e. The lowest BCUT2D eigenvalue weighted by atomic mass is 10.1. The smallest absolute Gasteiger partial charge is 0.142 e. The van der Waals surface area contributed by atoms with Crippen LogP contribution in [0.15, 0.2) is 18.2 Å². The molecule has 1 fully saturated rings. The summed E-state index contributed by atoms with van der Waals surface area (Å²) in [7, 11) is 0. The second-order valence-corrected chi connectivity index (χ2v) is 4.94. The van der Waals surface area contributed by atoms with Crippen molar-refractivity contribution in [3.63, 3.8) is 0 Å². The Morgan fingerprint density at radius 1 is 1.59 bits per heavy atom. The van der Waals surface area contributed by atoms with E-state index < -0.39 is 0 Å². The van der Waals surface area contributed by atoms with E-state index in [-0.39, 0.29) is 16.9 Å². The van der Waals surface area contributed by atoms with Gasteiger partial charge in [-0.1, -0.05) is 17.7 Å². The summed E-state index contributed by atoms with van der Waals surface area (Å²) in [6.07, 6.45) is 1.11. The van der Waals surface area contributed by atoms with Gasteiger partial charge in [0.15, 0.2) is 0 Å². The van der Waals surface area contributed by atoms with Crippen LogP contribution in [-0.2, 0) is 4.74 Å². The molecule has 2 rings (SSSR count). The highest BCUT2D eigenvalue weighted by molar-refractivity contribution is 6.30. The quantitative estimate of drug-likeness (QED) is 0.895. The van der Waals surface area contributed by atoms with Crippen molar-refractivity contribution in [2.45, 2.75) is 19.4 Å². The average molecular weight is 258 g/mol. The molecule has 0 amide bonds. The molecule has 94 valence electrons. The molecule has 0 bridgehead atoms. The monoisotopic (exact) mass is 257 g/mol. The Bertz CT molecular complexity index is 380. The minimum Gasteiger partial charge on any atom is -0.381 e. The summed E-state index contributed by atoms with van der Waals surface area (Å²) in [4.78, 5) is 0. The predicted octanol–water partition coefficient (Wildman–Crippen LogP) is 3.17. The van der Waals surface area contributed by atoms with Crippen LogP contribution in [0.2, 0.25) is 5.02 Å². The summed E-state index contributed by atoms with van der Waals surface area (Å²) >= 11 is 5.65. The minimum absolute atomic E-state index is 0.127. The molecule has 1 aromatic rings. The number of halogens is 2. The van der Waals surface area contributed by atoms with Gasteiger partial charge in [-0.25, -0.2) is 4.39 Å². The van der Waals surface area contributed by atoms with E-state index in [0.29, 0.717) is 5.92 Å².